The molecule has 4 heteroatoms. The predicted octanol–water partition coefficient (Wildman–Crippen LogP) is 2.47. The summed E-state index contributed by atoms with van der Waals surface area (Å²) in [6.07, 6.45) is 1.69. The molecule has 0 aliphatic carbocycles. The van der Waals surface area contributed by atoms with E-state index < -0.39 is 5.97 Å². The molecule has 0 saturated heterocycles. The van der Waals surface area contributed by atoms with Gasteiger partial charge in [-0.3, -0.25) is 0 Å². The van der Waals surface area contributed by atoms with Crippen LogP contribution in [0.5, 0.6) is 0 Å². The molecule has 2 rings (SSSR count). The molecule has 0 aliphatic rings. The van der Waals surface area contributed by atoms with Crippen molar-refractivity contribution in [3.63, 3.8) is 0 Å². The summed E-state index contributed by atoms with van der Waals surface area (Å²) in [5, 5.41) is 3.37. The molecule has 1 aromatic carbocycles. The van der Waals surface area contributed by atoms with Crippen molar-refractivity contribution in [3.05, 3.63) is 65.0 Å². The van der Waals surface area contributed by atoms with Crippen LogP contribution in [0, 0.1) is 6.92 Å². The van der Waals surface area contributed by atoms with Crippen molar-refractivity contribution in [1.82, 2.24) is 10.3 Å². The maximum atomic E-state index is 11.3. The SMILES string of the molecule is COC(=O)c1ccc(CNCc2ccccc2C)cn1. The molecular weight excluding hydrogens is 252 g/mol. The van der Waals surface area contributed by atoms with Crippen LogP contribution in [0.2, 0.25) is 0 Å². The highest BCUT2D eigenvalue weighted by Crippen LogP contribution is 2.07. The highest BCUT2D eigenvalue weighted by Gasteiger charge is 2.06. The number of rotatable bonds is 5. The number of benzene rings is 1. The number of esters is 1. The summed E-state index contributed by atoms with van der Waals surface area (Å²) in [4.78, 5) is 15.3. The summed E-state index contributed by atoms with van der Waals surface area (Å²) in [6.45, 7) is 3.62. The molecule has 2 aromatic rings. The number of hydrogen-bond acceptors (Lipinski definition) is 4. The first-order valence-corrected chi connectivity index (χ1v) is 6.49. The van der Waals surface area contributed by atoms with E-state index in [2.05, 4.69) is 34.1 Å². The fraction of sp³-hybridized carbons (Fsp3) is 0.250. The molecule has 104 valence electrons. The van der Waals surface area contributed by atoms with E-state index in [9.17, 15) is 4.79 Å². The maximum absolute atomic E-state index is 11.3. The summed E-state index contributed by atoms with van der Waals surface area (Å²) >= 11 is 0. The second-order valence-corrected chi connectivity index (χ2v) is 4.57. The molecule has 0 aliphatic heterocycles. The average Bonchev–Trinajstić information content (AvgIpc) is 2.49. The van der Waals surface area contributed by atoms with Crippen LogP contribution in [0.1, 0.15) is 27.2 Å². The van der Waals surface area contributed by atoms with Crippen molar-refractivity contribution in [2.24, 2.45) is 0 Å². The summed E-state index contributed by atoms with van der Waals surface area (Å²) < 4.78 is 4.61. The van der Waals surface area contributed by atoms with E-state index in [1.54, 1.807) is 12.3 Å². The summed E-state index contributed by atoms with van der Waals surface area (Å²) in [6, 6.07) is 11.8. The van der Waals surface area contributed by atoms with E-state index in [0.717, 1.165) is 12.1 Å². The van der Waals surface area contributed by atoms with Crippen LogP contribution in [0.3, 0.4) is 0 Å². The Labute approximate surface area is 118 Å². The van der Waals surface area contributed by atoms with Crippen molar-refractivity contribution < 1.29 is 9.53 Å². The highest BCUT2D eigenvalue weighted by atomic mass is 16.5. The normalized spacial score (nSPS) is 10.3. The van der Waals surface area contributed by atoms with Crippen LogP contribution >= 0.6 is 0 Å². The van der Waals surface area contributed by atoms with E-state index in [1.165, 1.54) is 18.2 Å². The number of carbonyl (C=O) groups excluding carboxylic acids is 1. The van der Waals surface area contributed by atoms with Crippen molar-refractivity contribution >= 4 is 5.97 Å². The number of aryl methyl sites for hydroxylation is 1. The van der Waals surface area contributed by atoms with Gasteiger partial charge in [-0.25, -0.2) is 9.78 Å². The van der Waals surface area contributed by atoms with Gasteiger partial charge in [-0.15, -0.1) is 0 Å². The second kappa shape index (κ2) is 6.82. The molecule has 1 N–H and O–H groups in total. The first kappa shape index (κ1) is 14.2. The number of methoxy groups -OCH3 is 1. The number of hydrogen-bond donors (Lipinski definition) is 1. The minimum Gasteiger partial charge on any atom is -0.464 e. The van der Waals surface area contributed by atoms with Gasteiger partial charge in [-0.05, 0) is 29.7 Å². The van der Waals surface area contributed by atoms with E-state index in [4.69, 9.17) is 0 Å². The Morgan fingerprint density at radius 1 is 1.20 bits per heavy atom. The van der Waals surface area contributed by atoms with Gasteiger partial charge in [0.05, 0.1) is 7.11 Å². The van der Waals surface area contributed by atoms with Crippen LogP contribution in [-0.4, -0.2) is 18.1 Å². The number of aromatic nitrogens is 1. The van der Waals surface area contributed by atoms with Gasteiger partial charge in [0, 0.05) is 19.3 Å². The fourth-order valence-corrected chi connectivity index (χ4v) is 1.90. The lowest BCUT2D eigenvalue weighted by Gasteiger charge is -2.07. The van der Waals surface area contributed by atoms with Gasteiger partial charge in [0.25, 0.3) is 0 Å². The largest absolute Gasteiger partial charge is 0.464 e. The third-order valence-electron chi connectivity index (χ3n) is 3.13. The predicted molar refractivity (Wildman–Crippen MR) is 77.3 cm³/mol. The van der Waals surface area contributed by atoms with Gasteiger partial charge in [-0.2, -0.15) is 0 Å². The van der Waals surface area contributed by atoms with Gasteiger partial charge in [-0.1, -0.05) is 30.3 Å². The Morgan fingerprint density at radius 2 is 2.00 bits per heavy atom. The molecule has 0 bridgehead atoms. The van der Waals surface area contributed by atoms with Gasteiger partial charge >= 0.3 is 5.97 Å². The lowest BCUT2D eigenvalue weighted by molar-refractivity contribution is 0.0594. The van der Waals surface area contributed by atoms with Gasteiger partial charge < -0.3 is 10.1 Å². The lowest BCUT2D eigenvalue weighted by atomic mass is 10.1. The molecule has 0 unspecified atom stereocenters. The Kier molecular flexibility index (Phi) is 4.85. The van der Waals surface area contributed by atoms with E-state index in [-0.39, 0.29) is 0 Å². The average molecular weight is 270 g/mol. The maximum Gasteiger partial charge on any atom is 0.356 e. The zero-order chi connectivity index (χ0) is 14.4. The van der Waals surface area contributed by atoms with Gasteiger partial charge in [0.15, 0.2) is 0 Å². The van der Waals surface area contributed by atoms with Crippen LogP contribution in [0.15, 0.2) is 42.6 Å². The summed E-state index contributed by atoms with van der Waals surface area (Å²) in [5.41, 5.74) is 3.92. The fourth-order valence-electron chi connectivity index (χ4n) is 1.90. The van der Waals surface area contributed by atoms with E-state index in [0.29, 0.717) is 12.2 Å². The third-order valence-corrected chi connectivity index (χ3v) is 3.13. The molecule has 1 aromatic heterocycles. The Hall–Kier alpha value is -2.20. The minimum absolute atomic E-state index is 0.329. The second-order valence-electron chi connectivity index (χ2n) is 4.57. The van der Waals surface area contributed by atoms with Crippen molar-refractivity contribution in [3.8, 4) is 0 Å². The van der Waals surface area contributed by atoms with E-state index in [1.807, 2.05) is 18.2 Å². The number of carbonyl (C=O) groups is 1. The van der Waals surface area contributed by atoms with Gasteiger partial charge in [0.2, 0.25) is 0 Å². The van der Waals surface area contributed by atoms with Crippen LogP contribution in [0.25, 0.3) is 0 Å². The lowest BCUT2D eigenvalue weighted by Crippen LogP contribution is -2.14. The molecule has 4 nitrogen and oxygen atoms in total. The van der Waals surface area contributed by atoms with Gasteiger partial charge in [0.1, 0.15) is 5.69 Å². The molecule has 20 heavy (non-hydrogen) atoms. The monoisotopic (exact) mass is 270 g/mol. The zero-order valence-corrected chi connectivity index (χ0v) is 11.7. The van der Waals surface area contributed by atoms with Crippen molar-refractivity contribution in [2.45, 2.75) is 20.0 Å². The van der Waals surface area contributed by atoms with E-state index >= 15 is 0 Å². The van der Waals surface area contributed by atoms with Crippen molar-refractivity contribution in [1.29, 1.82) is 0 Å². The first-order chi connectivity index (χ1) is 9.70. The minimum atomic E-state index is -0.413. The Bertz CT molecular complexity index is 579. The number of nitrogens with zero attached hydrogens (tertiary/aromatic N) is 1. The standard InChI is InChI=1S/C16H18N2O2/c1-12-5-3-4-6-14(12)11-17-9-13-7-8-15(18-10-13)16(19)20-2/h3-8,10,17H,9,11H2,1-2H3. The third kappa shape index (κ3) is 3.65. The molecule has 0 saturated carbocycles. The first-order valence-electron chi connectivity index (χ1n) is 6.49. The summed E-state index contributed by atoms with van der Waals surface area (Å²) in [7, 11) is 1.35. The van der Waals surface area contributed by atoms with Crippen molar-refractivity contribution in [2.75, 3.05) is 7.11 Å². The topological polar surface area (TPSA) is 51.2 Å². The molecular formula is C16H18N2O2. The Morgan fingerprint density at radius 3 is 2.65 bits per heavy atom. The molecule has 0 radical (unpaired) electrons. The van der Waals surface area contributed by atoms with Crippen LogP contribution in [-0.2, 0) is 17.8 Å². The molecule has 0 spiro atoms. The zero-order valence-electron chi connectivity index (χ0n) is 11.7. The molecule has 1 heterocycles. The molecule has 0 atom stereocenters. The number of ether oxygens (including phenoxy) is 1. The highest BCUT2D eigenvalue weighted by molar-refractivity contribution is 5.86. The molecule has 0 fully saturated rings. The summed E-state index contributed by atoms with van der Waals surface area (Å²) in [5.74, 6) is -0.413. The quantitative estimate of drug-likeness (QED) is 0.848. The smallest absolute Gasteiger partial charge is 0.356 e. The number of nitrogens with one attached hydrogen (secondary N) is 1. The Balaban J connectivity index is 1.88. The van der Waals surface area contributed by atoms with Crippen LogP contribution < -0.4 is 5.32 Å². The number of pyridine rings is 1. The van der Waals surface area contributed by atoms with Crippen LogP contribution in [0.4, 0.5) is 0 Å². The molecule has 0 amide bonds.